The number of rotatable bonds is 4. The molecule has 1 unspecified atom stereocenters. The van der Waals surface area contributed by atoms with Gasteiger partial charge < -0.3 is 10.1 Å². The highest BCUT2D eigenvalue weighted by Crippen LogP contribution is 2.10. The van der Waals surface area contributed by atoms with Gasteiger partial charge in [-0.1, -0.05) is 0 Å². The molecule has 0 aromatic carbocycles. The number of nitrogens with zero attached hydrogens (tertiary/aromatic N) is 2. The Balaban J connectivity index is 0.00000112. The van der Waals surface area contributed by atoms with E-state index in [2.05, 4.69) is 10.4 Å². The number of halogens is 1. The van der Waals surface area contributed by atoms with Crippen LogP contribution in [0.15, 0.2) is 12.4 Å². The summed E-state index contributed by atoms with van der Waals surface area (Å²) in [5.74, 6) is 0. The molecular formula is C10H18ClN3O. The summed E-state index contributed by atoms with van der Waals surface area (Å²) in [5, 5.41) is 7.49. The predicted octanol–water partition coefficient (Wildman–Crippen LogP) is 1.11. The fourth-order valence-electron chi connectivity index (χ4n) is 1.75. The maximum Gasteiger partial charge on any atom is 0.0700 e. The SMILES string of the molecule is Cl.Cn1cc(CNCC2CCCO2)cn1. The number of aryl methyl sites for hydroxylation is 1. The van der Waals surface area contributed by atoms with E-state index in [1.165, 1.54) is 18.4 Å². The highest BCUT2D eigenvalue weighted by Gasteiger charge is 2.14. The maximum atomic E-state index is 5.51. The average molecular weight is 232 g/mol. The van der Waals surface area contributed by atoms with Gasteiger partial charge in [0.2, 0.25) is 0 Å². The molecule has 4 nitrogen and oxygen atoms in total. The highest BCUT2D eigenvalue weighted by atomic mass is 35.5. The van der Waals surface area contributed by atoms with E-state index in [-0.39, 0.29) is 12.4 Å². The van der Waals surface area contributed by atoms with Gasteiger partial charge in [0, 0.05) is 38.5 Å². The van der Waals surface area contributed by atoms with Crippen LogP contribution in [0.1, 0.15) is 18.4 Å². The molecule has 1 aliphatic rings. The fraction of sp³-hybridized carbons (Fsp3) is 0.700. The molecule has 2 rings (SSSR count). The van der Waals surface area contributed by atoms with Crippen LogP contribution in [0.25, 0.3) is 0 Å². The largest absolute Gasteiger partial charge is 0.377 e. The molecule has 1 N–H and O–H groups in total. The molecule has 0 amide bonds. The molecule has 1 atom stereocenters. The number of ether oxygens (including phenoxy) is 1. The van der Waals surface area contributed by atoms with E-state index < -0.39 is 0 Å². The van der Waals surface area contributed by atoms with E-state index in [4.69, 9.17) is 4.74 Å². The van der Waals surface area contributed by atoms with E-state index in [0.717, 1.165) is 19.7 Å². The van der Waals surface area contributed by atoms with Gasteiger partial charge in [0.05, 0.1) is 12.3 Å². The first-order valence-electron chi connectivity index (χ1n) is 5.14. The third kappa shape index (κ3) is 3.81. The smallest absolute Gasteiger partial charge is 0.0700 e. The van der Waals surface area contributed by atoms with Gasteiger partial charge in [-0.15, -0.1) is 12.4 Å². The van der Waals surface area contributed by atoms with Crippen LogP contribution in [0.2, 0.25) is 0 Å². The Kier molecular flexibility index (Phi) is 5.08. The van der Waals surface area contributed by atoms with Gasteiger partial charge in [-0.3, -0.25) is 4.68 Å². The zero-order valence-corrected chi connectivity index (χ0v) is 9.80. The molecule has 1 fully saturated rings. The number of hydrogen-bond acceptors (Lipinski definition) is 3. The van der Waals surface area contributed by atoms with Crippen molar-refractivity contribution in [3.05, 3.63) is 18.0 Å². The second-order valence-electron chi connectivity index (χ2n) is 3.79. The van der Waals surface area contributed by atoms with Crippen molar-refractivity contribution in [1.82, 2.24) is 15.1 Å². The first kappa shape index (κ1) is 12.5. The summed E-state index contributed by atoms with van der Waals surface area (Å²) >= 11 is 0. The third-order valence-electron chi connectivity index (χ3n) is 2.48. The quantitative estimate of drug-likeness (QED) is 0.844. The summed E-state index contributed by atoms with van der Waals surface area (Å²) in [4.78, 5) is 0. The summed E-state index contributed by atoms with van der Waals surface area (Å²) < 4.78 is 7.34. The van der Waals surface area contributed by atoms with Crippen LogP contribution in [0.4, 0.5) is 0 Å². The van der Waals surface area contributed by atoms with Crippen molar-refractivity contribution in [3.8, 4) is 0 Å². The van der Waals surface area contributed by atoms with Crippen molar-refractivity contribution in [3.63, 3.8) is 0 Å². The predicted molar refractivity (Wildman–Crippen MR) is 61.1 cm³/mol. The van der Waals surface area contributed by atoms with E-state index >= 15 is 0 Å². The lowest BCUT2D eigenvalue weighted by Crippen LogP contribution is -2.25. The van der Waals surface area contributed by atoms with Crippen molar-refractivity contribution in [2.45, 2.75) is 25.5 Å². The highest BCUT2D eigenvalue weighted by molar-refractivity contribution is 5.85. The number of hydrogen-bond donors (Lipinski definition) is 1. The van der Waals surface area contributed by atoms with Gasteiger partial charge >= 0.3 is 0 Å². The van der Waals surface area contributed by atoms with Crippen LogP contribution in [-0.2, 0) is 18.3 Å². The minimum Gasteiger partial charge on any atom is -0.377 e. The Bertz CT molecular complexity index is 284. The Morgan fingerprint density at radius 1 is 1.67 bits per heavy atom. The molecule has 0 saturated carbocycles. The van der Waals surface area contributed by atoms with Gasteiger partial charge in [-0.05, 0) is 12.8 Å². The normalized spacial score (nSPS) is 20.2. The Morgan fingerprint density at radius 3 is 3.13 bits per heavy atom. The van der Waals surface area contributed by atoms with Gasteiger partial charge in [0.1, 0.15) is 0 Å². The summed E-state index contributed by atoms with van der Waals surface area (Å²) in [6.45, 7) is 2.77. The fourth-order valence-corrected chi connectivity index (χ4v) is 1.75. The second-order valence-corrected chi connectivity index (χ2v) is 3.79. The van der Waals surface area contributed by atoms with E-state index in [9.17, 15) is 0 Å². The van der Waals surface area contributed by atoms with Gasteiger partial charge in [-0.2, -0.15) is 5.10 Å². The Labute approximate surface area is 96.4 Å². The third-order valence-corrected chi connectivity index (χ3v) is 2.48. The minimum atomic E-state index is 0. The Hall–Kier alpha value is -0.580. The van der Waals surface area contributed by atoms with Crippen LogP contribution in [0.3, 0.4) is 0 Å². The first-order chi connectivity index (χ1) is 6.84. The van der Waals surface area contributed by atoms with Crippen LogP contribution in [-0.4, -0.2) is 29.0 Å². The summed E-state index contributed by atoms with van der Waals surface area (Å²) in [7, 11) is 1.93. The second kappa shape index (κ2) is 6.10. The zero-order chi connectivity index (χ0) is 9.80. The molecule has 1 aliphatic heterocycles. The molecule has 0 aliphatic carbocycles. The number of nitrogens with one attached hydrogen (secondary N) is 1. The first-order valence-corrected chi connectivity index (χ1v) is 5.14. The lowest BCUT2D eigenvalue weighted by Gasteiger charge is -2.09. The van der Waals surface area contributed by atoms with E-state index in [1.54, 1.807) is 0 Å². The summed E-state index contributed by atoms with van der Waals surface area (Å²) in [6.07, 6.45) is 6.75. The lowest BCUT2D eigenvalue weighted by atomic mass is 10.2. The molecule has 5 heteroatoms. The summed E-state index contributed by atoms with van der Waals surface area (Å²) in [6, 6.07) is 0. The lowest BCUT2D eigenvalue weighted by molar-refractivity contribution is 0.110. The van der Waals surface area contributed by atoms with Crippen LogP contribution < -0.4 is 5.32 Å². The van der Waals surface area contributed by atoms with E-state index in [1.807, 2.05) is 24.1 Å². The average Bonchev–Trinajstić information content (AvgIpc) is 2.77. The molecule has 1 saturated heterocycles. The monoisotopic (exact) mass is 231 g/mol. The van der Waals surface area contributed by atoms with Crippen molar-refractivity contribution >= 4 is 12.4 Å². The van der Waals surface area contributed by atoms with Crippen molar-refractivity contribution < 1.29 is 4.74 Å². The van der Waals surface area contributed by atoms with Crippen LogP contribution >= 0.6 is 12.4 Å². The molecule has 1 aromatic rings. The van der Waals surface area contributed by atoms with Crippen molar-refractivity contribution in [2.75, 3.05) is 13.2 Å². The van der Waals surface area contributed by atoms with Gasteiger partial charge in [0.15, 0.2) is 0 Å². The molecule has 86 valence electrons. The Morgan fingerprint density at radius 2 is 2.53 bits per heavy atom. The number of aromatic nitrogens is 2. The minimum absolute atomic E-state index is 0. The van der Waals surface area contributed by atoms with Gasteiger partial charge in [-0.25, -0.2) is 0 Å². The zero-order valence-electron chi connectivity index (χ0n) is 8.98. The topological polar surface area (TPSA) is 39.1 Å². The van der Waals surface area contributed by atoms with Crippen molar-refractivity contribution in [2.24, 2.45) is 7.05 Å². The van der Waals surface area contributed by atoms with Crippen LogP contribution in [0, 0.1) is 0 Å². The molecule has 0 spiro atoms. The molecule has 0 radical (unpaired) electrons. The standard InChI is InChI=1S/C10H17N3O.ClH/c1-13-8-9(6-12-13)5-11-7-10-3-2-4-14-10;/h6,8,10-11H,2-5,7H2,1H3;1H. The molecular weight excluding hydrogens is 214 g/mol. The molecule has 2 heterocycles. The van der Waals surface area contributed by atoms with Crippen LogP contribution in [0.5, 0.6) is 0 Å². The molecule has 0 bridgehead atoms. The molecule has 15 heavy (non-hydrogen) atoms. The van der Waals surface area contributed by atoms with Gasteiger partial charge in [0.25, 0.3) is 0 Å². The van der Waals surface area contributed by atoms with E-state index in [0.29, 0.717) is 6.10 Å². The van der Waals surface area contributed by atoms with Crippen molar-refractivity contribution in [1.29, 1.82) is 0 Å². The maximum absolute atomic E-state index is 5.51. The summed E-state index contributed by atoms with van der Waals surface area (Å²) in [5.41, 5.74) is 1.23. The molecule has 1 aromatic heterocycles.